The third-order valence-corrected chi connectivity index (χ3v) is 8.71. The third-order valence-electron chi connectivity index (χ3n) is 8.71. The van der Waals surface area contributed by atoms with E-state index in [2.05, 4.69) is 18.7 Å². The normalized spacial score (nSPS) is 23.7. The van der Waals surface area contributed by atoms with Crippen molar-refractivity contribution in [3.63, 3.8) is 0 Å². The smallest absolute Gasteiger partial charge is 0.410 e. The highest BCUT2D eigenvalue weighted by Crippen LogP contribution is 2.40. The van der Waals surface area contributed by atoms with Crippen molar-refractivity contribution in [3.05, 3.63) is 59.2 Å². The first kappa shape index (κ1) is 32.8. The van der Waals surface area contributed by atoms with Gasteiger partial charge in [0.05, 0.1) is 24.0 Å². The summed E-state index contributed by atoms with van der Waals surface area (Å²) < 4.78 is 24.7. The third kappa shape index (κ3) is 7.64. The lowest BCUT2D eigenvalue weighted by atomic mass is 9.91. The fourth-order valence-electron chi connectivity index (χ4n) is 6.45. The maximum atomic E-state index is 14.1. The van der Waals surface area contributed by atoms with Crippen molar-refractivity contribution in [2.24, 2.45) is 0 Å². The van der Waals surface area contributed by atoms with E-state index in [0.717, 1.165) is 22.5 Å². The van der Waals surface area contributed by atoms with Gasteiger partial charge in [0, 0.05) is 56.4 Å². The average Bonchev–Trinajstić information content (AvgIpc) is 3.22. The summed E-state index contributed by atoms with van der Waals surface area (Å²) >= 11 is 0. The van der Waals surface area contributed by atoms with Gasteiger partial charge in [0.15, 0.2) is 0 Å². The molecule has 3 amide bonds. The van der Waals surface area contributed by atoms with Crippen molar-refractivity contribution in [2.45, 2.75) is 84.1 Å². The summed E-state index contributed by atoms with van der Waals surface area (Å²) in [7, 11) is 0. The molecule has 0 spiro atoms. The van der Waals surface area contributed by atoms with Crippen LogP contribution in [0.4, 0.5) is 14.9 Å². The Labute approximate surface area is 265 Å². The van der Waals surface area contributed by atoms with Crippen LogP contribution in [0, 0.1) is 5.82 Å². The molecule has 0 aliphatic carbocycles. The first-order valence-corrected chi connectivity index (χ1v) is 15.8. The standard InChI is InChI=1S/C34H46FN5O5/c1-22-15-37(27(17-38-16-23(2)44-20-30(38)42)18-39(22)32(43)45-33(3,4)5)19-29(41)40-21-34(6,7)31-28(40)13-25(14-36-31)12-24-8-10-26(35)11-9-24/h8-11,13-14,22-23,27H,12,15-21H2,1-7H3/t22-,23?,27+/m1/s1. The van der Waals surface area contributed by atoms with Crippen molar-refractivity contribution in [2.75, 3.05) is 50.8 Å². The highest BCUT2D eigenvalue weighted by Gasteiger charge is 2.43. The topological polar surface area (TPSA) is 95.5 Å². The molecule has 244 valence electrons. The molecular weight excluding hydrogens is 577 g/mol. The quantitative estimate of drug-likeness (QED) is 0.480. The highest BCUT2D eigenvalue weighted by atomic mass is 19.1. The van der Waals surface area contributed by atoms with Crippen LogP contribution < -0.4 is 4.90 Å². The number of halogens is 1. The molecule has 1 aromatic carbocycles. The van der Waals surface area contributed by atoms with E-state index in [0.29, 0.717) is 39.1 Å². The van der Waals surface area contributed by atoms with Gasteiger partial charge in [0.2, 0.25) is 11.8 Å². The number of pyridine rings is 1. The van der Waals surface area contributed by atoms with Crippen LogP contribution in [0.15, 0.2) is 36.5 Å². The largest absolute Gasteiger partial charge is 0.444 e. The number of ether oxygens (including phenoxy) is 2. The van der Waals surface area contributed by atoms with Crippen LogP contribution in [0.5, 0.6) is 0 Å². The van der Waals surface area contributed by atoms with E-state index in [-0.39, 0.29) is 54.4 Å². The molecule has 1 aromatic heterocycles. The maximum absolute atomic E-state index is 14.1. The maximum Gasteiger partial charge on any atom is 0.410 e. The van der Waals surface area contributed by atoms with Gasteiger partial charge < -0.3 is 24.2 Å². The van der Waals surface area contributed by atoms with Crippen molar-refractivity contribution < 1.29 is 28.2 Å². The second-order valence-corrected chi connectivity index (χ2v) is 14.4. The van der Waals surface area contributed by atoms with Crippen LogP contribution in [-0.4, -0.2) is 107 Å². The molecule has 45 heavy (non-hydrogen) atoms. The molecule has 2 aromatic rings. The minimum Gasteiger partial charge on any atom is -0.444 e. The number of carbonyl (C=O) groups excluding carboxylic acids is 3. The molecule has 4 heterocycles. The van der Waals surface area contributed by atoms with Gasteiger partial charge in [-0.2, -0.15) is 0 Å². The van der Waals surface area contributed by atoms with Gasteiger partial charge >= 0.3 is 6.09 Å². The van der Waals surface area contributed by atoms with E-state index in [9.17, 15) is 18.8 Å². The van der Waals surface area contributed by atoms with Gasteiger partial charge in [-0.1, -0.05) is 26.0 Å². The van der Waals surface area contributed by atoms with Gasteiger partial charge in [-0.05, 0) is 70.4 Å². The van der Waals surface area contributed by atoms with Crippen LogP contribution in [0.3, 0.4) is 0 Å². The molecule has 5 rings (SSSR count). The SMILES string of the molecule is CC1CN(C[C@H]2CN(C(=O)OC(C)(C)C)[C@H](C)CN2CC(=O)N2CC(C)(C)c3ncc(Cc4ccc(F)cc4)cc32)C(=O)CO1. The van der Waals surface area contributed by atoms with Crippen molar-refractivity contribution in [3.8, 4) is 0 Å². The summed E-state index contributed by atoms with van der Waals surface area (Å²) in [5.74, 6) is -0.444. The second kappa shape index (κ2) is 12.7. The average molecular weight is 624 g/mol. The first-order chi connectivity index (χ1) is 21.1. The number of morpholine rings is 1. The molecule has 0 saturated carbocycles. The molecule has 3 aliphatic heterocycles. The van der Waals surface area contributed by atoms with Crippen LogP contribution in [-0.2, 0) is 30.9 Å². The van der Waals surface area contributed by atoms with Crippen LogP contribution in [0.1, 0.15) is 65.3 Å². The zero-order valence-corrected chi connectivity index (χ0v) is 27.5. The Balaban J connectivity index is 1.37. The summed E-state index contributed by atoms with van der Waals surface area (Å²) in [6, 6.07) is 7.95. The Morgan fingerprint density at radius 1 is 1.09 bits per heavy atom. The van der Waals surface area contributed by atoms with Crippen molar-refractivity contribution >= 4 is 23.6 Å². The Morgan fingerprint density at radius 2 is 1.80 bits per heavy atom. The van der Waals surface area contributed by atoms with Gasteiger partial charge in [-0.25, -0.2) is 9.18 Å². The summed E-state index contributed by atoms with van der Waals surface area (Å²) in [4.78, 5) is 52.3. The van der Waals surface area contributed by atoms with Crippen LogP contribution >= 0.6 is 0 Å². The molecule has 3 aliphatic rings. The van der Waals surface area contributed by atoms with Crippen LogP contribution in [0.25, 0.3) is 0 Å². The minimum atomic E-state index is -0.644. The number of nitrogens with zero attached hydrogens (tertiary/aromatic N) is 5. The van der Waals surface area contributed by atoms with Gasteiger partial charge in [-0.15, -0.1) is 0 Å². The number of anilines is 1. The Bertz CT molecular complexity index is 1430. The zero-order valence-electron chi connectivity index (χ0n) is 27.5. The summed E-state index contributed by atoms with van der Waals surface area (Å²) in [5.41, 5.74) is 2.57. The minimum absolute atomic E-state index is 0.0197. The lowest BCUT2D eigenvalue weighted by Crippen LogP contribution is -2.64. The number of benzene rings is 1. The number of hydrogen-bond donors (Lipinski definition) is 0. The molecule has 10 nitrogen and oxygen atoms in total. The summed E-state index contributed by atoms with van der Waals surface area (Å²) in [5, 5.41) is 0. The molecule has 0 bridgehead atoms. The Hall–Kier alpha value is -3.57. The lowest BCUT2D eigenvalue weighted by molar-refractivity contribution is -0.149. The van der Waals surface area contributed by atoms with Gasteiger partial charge in [0.25, 0.3) is 0 Å². The number of fused-ring (bicyclic) bond motifs is 1. The predicted molar refractivity (Wildman–Crippen MR) is 169 cm³/mol. The second-order valence-electron chi connectivity index (χ2n) is 14.4. The molecule has 0 radical (unpaired) electrons. The van der Waals surface area contributed by atoms with E-state index in [1.807, 2.05) is 51.8 Å². The number of rotatable bonds is 6. The first-order valence-electron chi connectivity index (χ1n) is 15.8. The lowest BCUT2D eigenvalue weighted by Gasteiger charge is -2.47. The summed E-state index contributed by atoms with van der Waals surface area (Å²) in [6.07, 6.45) is 1.91. The van der Waals surface area contributed by atoms with E-state index in [4.69, 9.17) is 14.5 Å². The zero-order chi connectivity index (χ0) is 32.7. The Kier molecular flexibility index (Phi) is 9.24. The van der Waals surface area contributed by atoms with E-state index < -0.39 is 11.7 Å². The number of hydrogen-bond acceptors (Lipinski definition) is 7. The van der Waals surface area contributed by atoms with Crippen molar-refractivity contribution in [1.82, 2.24) is 19.7 Å². The summed E-state index contributed by atoms with van der Waals surface area (Å²) in [6.45, 7) is 15.8. The molecular formula is C34H46FN5O5. The van der Waals surface area contributed by atoms with E-state index in [1.165, 1.54) is 12.1 Å². The monoisotopic (exact) mass is 623 g/mol. The number of piperazine rings is 1. The molecule has 11 heteroatoms. The molecule has 0 N–H and O–H groups in total. The highest BCUT2D eigenvalue weighted by molar-refractivity contribution is 5.97. The Morgan fingerprint density at radius 3 is 2.49 bits per heavy atom. The van der Waals surface area contributed by atoms with Gasteiger partial charge in [-0.3, -0.25) is 19.5 Å². The van der Waals surface area contributed by atoms with Gasteiger partial charge in [0.1, 0.15) is 18.0 Å². The number of aromatic nitrogens is 1. The van der Waals surface area contributed by atoms with E-state index >= 15 is 0 Å². The fraction of sp³-hybridized carbons (Fsp3) is 0.588. The molecule has 1 unspecified atom stereocenters. The van der Waals surface area contributed by atoms with E-state index in [1.54, 1.807) is 21.9 Å². The molecule has 2 fully saturated rings. The molecule has 3 atom stereocenters. The van der Waals surface area contributed by atoms with Crippen LogP contribution in [0.2, 0.25) is 0 Å². The number of amides is 3. The molecule has 2 saturated heterocycles. The fourth-order valence-corrected chi connectivity index (χ4v) is 6.45. The number of carbonyl (C=O) groups is 3. The van der Waals surface area contributed by atoms with Crippen molar-refractivity contribution in [1.29, 1.82) is 0 Å². The predicted octanol–water partition coefficient (Wildman–Crippen LogP) is 3.99.